The van der Waals surface area contributed by atoms with Crippen molar-refractivity contribution in [2.45, 2.75) is 6.92 Å². The summed E-state index contributed by atoms with van der Waals surface area (Å²) in [6.07, 6.45) is 0.329. The summed E-state index contributed by atoms with van der Waals surface area (Å²) in [5.74, 6) is 0. The molecule has 0 fully saturated rings. The van der Waals surface area contributed by atoms with Gasteiger partial charge in [0.2, 0.25) is 0 Å². The van der Waals surface area contributed by atoms with E-state index in [0.29, 0.717) is 6.10 Å². The summed E-state index contributed by atoms with van der Waals surface area (Å²) in [5.41, 5.74) is 4.03. The number of anilines is 1. The van der Waals surface area contributed by atoms with Crippen LogP contribution in [-0.2, 0) is 0 Å². The molecule has 0 atom stereocenters. The van der Waals surface area contributed by atoms with Crippen LogP contribution in [0.4, 0.5) is 5.69 Å². The first kappa shape index (κ1) is 17.8. The number of nitrogens with zero attached hydrogens (tertiary/aromatic N) is 1. The van der Waals surface area contributed by atoms with Crippen LogP contribution in [0.15, 0.2) is 84.9 Å². The van der Waals surface area contributed by atoms with E-state index in [-0.39, 0.29) is 0 Å². The van der Waals surface area contributed by atoms with Crippen molar-refractivity contribution in [1.29, 1.82) is 0 Å². The average molecular weight is 317 g/mol. The summed E-state index contributed by atoms with van der Waals surface area (Å²) in [7, 11) is 5.67. The lowest BCUT2D eigenvalue weighted by molar-refractivity contribution is 0.356. The summed E-state index contributed by atoms with van der Waals surface area (Å²) < 4.78 is 0. The molecule has 0 aliphatic carbocycles. The normalized spacial score (nSPS) is 10.0. The van der Waals surface area contributed by atoms with Gasteiger partial charge in [0.1, 0.15) is 0 Å². The van der Waals surface area contributed by atoms with E-state index >= 15 is 0 Å². The second-order valence-corrected chi connectivity index (χ2v) is 5.61. The maximum Gasteiger partial charge on any atom is 0.152 e. The van der Waals surface area contributed by atoms with E-state index < -0.39 is 0 Å². The van der Waals surface area contributed by atoms with Crippen LogP contribution in [0.25, 0.3) is 0 Å². The Kier molecular flexibility index (Phi) is 6.59. The summed E-state index contributed by atoms with van der Waals surface area (Å²) in [6.45, 7) is 2.03. The molecule has 24 heavy (non-hydrogen) atoms. The van der Waals surface area contributed by atoms with E-state index in [0.717, 1.165) is 16.8 Å². The first-order chi connectivity index (χ1) is 11.6. The van der Waals surface area contributed by atoms with E-state index in [9.17, 15) is 5.11 Å². The number of benzene rings is 3. The fraction of sp³-hybridized carbons (Fsp3) is 0.0909. The molecule has 0 saturated carbocycles. The predicted octanol–water partition coefficient (Wildman–Crippen LogP) is 5.21. The number of rotatable bonds is 3. The summed E-state index contributed by atoms with van der Waals surface area (Å²) in [4.78, 5) is 1.83. The highest BCUT2D eigenvalue weighted by Gasteiger charge is 2.10. The lowest BCUT2D eigenvalue weighted by Crippen LogP contribution is -2.04. The van der Waals surface area contributed by atoms with Gasteiger partial charge in [-0.2, -0.15) is 0 Å². The van der Waals surface area contributed by atoms with Gasteiger partial charge in [0.15, 0.2) is 6.10 Å². The zero-order valence-electron chi connectivity index (χ0n) is 14.2. The lowest BCUT2D eigenvalue weighted by Gasteiger charge is -2.09. The van der Waals surface area contributed by atoms with Crippen LogP contribution in [0.1, 0.15) is 16.7 Å². The predicted molar refractivity (Wildman–Crippen MR) is 101 cm³/mol. The summed E-state index contributed by atoms with van der Waals surface area (Å²) in [5, 5.41) is 10.00. The first-order valence-corrected chi connectivity index (χ1v) is 7.85. The third-order valence-electron chi connectivity index (χ3n) is 3.57. The van der Waals surface area contributed by atoms with E-state index in [1.807, 2.05) is 104 Å². The highest BCUT2D eigenvalue weighted by Crippen LogP contribution is 2.20. The molecule has 0 unspecified atom stereocenters. The number of aliphatic hydroxyl groups excluding tert-OH is 1. The Labute approximate surface area is 145 Å². The third kappa shape index (κ3) is 5.25. The van der Waals surface area contributed by atoms with Crippen molar-refractivity contribution in [1.82, 2.24) is 0 Å². The van der Waals surface area contributed by atoms with Gasteiger partial charge in [-0.05, 0) is 30.2 Å². The topological polar surface area (TPSA) is 23.5 Å². The van der Waals surface area contributed by atoms with Gasteiger partial charge in [-0.25, -0.2) is 0 Å². The van der Waals surface area contributed by atoms with Crippen molar-refractivity contribution >= 4 is 5.69 Å². The Bertz CT molecular complexity index is 706. The summed E-state index contributed by atoms with van der Waals surface area (Å²) >= 11 is 0. The highest BCUT2D eigenvalue weighted by molar-refractivity contribution is 5.45. The summed E-state index contributed by atoms with van der Waals surface area (Å²) in [6, 6.07) is 27.4. The minimum absolute atomic E-state index is 0.329. The molecule has 0 aromatic heterocycles. The Hall–Kier alpha value is -2.58. The molecule has 3 aromatic rings. The van der Waals surface area contributed by atoms with Gasteiger partial charge in [0.25, 0.3) is 0 Å². The average Bonchev–Trinajstić information content (AvgIpc) is 2.64. The number of aryl methyl sites for hydroxylation is 1. The smallest absolute Gasteiger partial charge is 0.152 e. The van der Waals surface area contributed by atoms with Crippen LogP contribution in [0, 0.1) is 20.1 Å². The minimum atomic E-state index is 0.329. The molecule has 0 heterocycles. The molecular formula is C22H23NO. The Morgan fingerprint density at radius 1 is 0.750 bits per heavy atom. The molecule has 2 heteroatoms. The second-order valence-electron chi connectivity index (χ2n) is 5.61. The maximum atomic E-state index is 10.00. The van der Waals surface area contributed by atoms with E-state index in [1.165, 1.54) is 5.56 Å². The van der Waals surface area contributed by atoms with Crippen LogP contribution in [-0.4, -0.2) is 12.2 Å². The Morgan fingerprint density at radius 2 is 1.21 bits per heavy atom. The molecule has 0 bridgehead atoms. The van der Waals surface area contributed by atoms with Crippen molar-refractivity contribution in [3.63, 3.8) is 0 Å². The molecule has 122 valence electrons. The maximum absolute atomic E-state index is 10.00. The van der Waals surface area contributed by atoms with Gasteiger partial charge >= 0.3 is 0 Å². The van der Waals surface area contributed by atoms with Crippen molar-refractivity contribution in [3.05, 3.63) is 115 Å². The standard InChI is InChI=1S/C14H13O.C8H10N/c1-11-7-9-13(10-8-11)14(15)12-5-3-2-4-6-12;1-9(2)8-6-4-3-5-7-8/h2-10,15H,1H3;3-7H,1H2,2H3. The Balaban J connectivity index is 0.000000198. The molecule has 0 saturated heterocycles. The van der Waals surface area contributed by atoms with E-state index in [2.05, 4.69) is 7.05 Å². The SMILES string of the molecule is Cc1ccc([C](O)c2ccccc2)cc1.[CH2]N(C)c1ccccc1. The van der Waals surface area contributed by atoms with Crippen LogP contribution < -0.4 is 4.90 Å². The number of hydrogen-bond donors (Lipinski definition) is 1. The van der Waals surface area contributed by atoms with E-state index in [4.69, 9.17) is 0 Å². The van der Waals surface area contributed by atoms with Crippen molar-refractivity contribution < 1.29 is 5.11 Å². The molecule has 3 aromatic carbocycles. The molecule has 0 amide bonds. The molecule has 0 aliphatic heterocycles. The third-order valence-corrected chi connectivity index (χ3v) is 3.57. The molecule has 2 radical (unpaired) electrons. The molecule has 0 aliphatic rings. The zero-order chi connectivity index (χ0) is 17.4. The molecular weight excluding hydrogens is 294 g/mol. The van der Waals surface area contributed by atoms with Gasteiger partial charge in [-0.1, -0.05) is 78.4 Å². The fourth-order valence-electron chi connectivity index (χ4n) is 2.16. The largest absolute Gasteiger partial charge is 0.377 e. The molecule has 3 rings (SSSR count). The van der Waals surface area contributed by atoms with Crippen LogP contribution >= 0.6 is 0 Å². The van der Waals surface area contributed by atoms with E-state index in [1.54, 1.807) is 0 Å². The van der Waals surface area contributed by atoms with Crippen molar-refractivity contribution in [2.75, 3.05) is 11.9 Å². The second kappa shape index (κ2) is 8.90. The lowest BCUT2D eigenvalue weighted by atomic mass is 10.0. The van der Waals surface area contributed by atoms with Gasteiger partial charge in [0.05, 0.1) is 0 Å². The number of aliphatic hydroxyl groups is 1. The van der Waals surface area contributed by atoms with Gasteiger partial charge < -0.3 is 10.0 Å². The molecule has 2 nitrogen and oxygen atoms in total. The monoisotopic (exact) mass is 317 g/mol. The fourth-order valence-corrected chi connectivity index (χ4v) is 2.16. The van der Waals surface area contributed by atoms with Crippen LogP contribution in [0.3, 0.4) is 0 Å². The van der Waals surface area contributed by atoms with Gasteiger partial charge in [0, 0.05) is 19.8 Å². The number of para-hydroxylation sites is 1. The minimum Gasteiger partial charge on any atom is -0.377 e. The van der Waals surface area contributed by atoms with Crippen LogP contribution in [0.5, 0.6) is 0 Å². The Morgan fingerprint density at radius 3 is 1.67 bits per heavy atom. The van der Waals surface area contributed by atoms with Gasteiger partial charge in [-0.3, -0.25) is 0 Å². The molecule has 0 spiro atoms. The van der Waals surface area contributed by atoms with Crippen molar-refractivity contribution in [3.8, 4) is 0 Å². The molecule has 1 N–H and O–H groups in total. The highest BCUT2D eigenvalue weighted by atomic mass is 16.3. The van der Waals surface area contributed by atoms with Gasteiger partial charge in [-0.15, -0.1) is 0 Å². The zero-order valence-corrected chi connectivity index (χ0v) is 14.2. The first-order valence-electron chi connectivity index (χ1n) is 7.85. The van der Waals surface area contributed by atoms with Crippen molar-refractivity contribution in [2.24, 2.45) is 0 Å². The quantitative estimate of drug-likeness (QED) is 0.717. The number of hydrogen-bond acceptors (Lipinski definition) is 2. The van der Waals surface area contributed by atoms with Crippen LogP contribution in [0.2, 0.25) is 0 Å².